The first-order valence-electron chi connectivity index (χ1n) is 10.0. The fourth-order valence-corrected chi connectivity index (χ4v) is 5.47. The second-order valence-corrected chi connectivity index (χ2v) is 11.0. The molecule has 0 aliphatic carbocycles. The van der Waals surface area contributed by atoms with Crippen LogP contribution >= 0.6 is 0 Å². The van der Waals surface area contributed by atoms with Crippen LogP contribution in [0.4, 0.5) is 18.9 Å². The summed E-state index contributed by atoms with van der Waals surface area (Å²) in [6.07, 6.45) is -1.49. The van der Waals surface area contributed by atoms with E-state index >= 15 is 8.78 Å². The van der Waals surface area contributed by atoms with Crippen molar-refractivity contribution < 1.29 is 40.2 Å². The molecule has 0 amide bonds. The lowest BCUT2D eigenvalue weighted by atomic mass is 9.95. The van der Waals surface area contributed by atoms with Crippen LogP contribution in [0.25, 0.3) is 0 Å². The van der Waals surface area contributed by atoms with Gasteiger partial charge in [0.1, 0.15) is 11.0 Å². The number of anilines is 1. The van der Waals surface area contributed by atoms with Gasteiger partial charge >= 0.3 is 0 Å². The van der Waals surface area contributed by atoms with Crippen LogP contribution in [0.5, 0.6) is 0 Å². The van der Waals surface area contributed by atoms with E-state index in [1.54, 1.807) is 36.4 Å². The maximum atomic E-state index is 15.4. The average Bonchev–Trinajstić information content (AvgIpc) is 2.80. The molecule has 0 spiro atoms. The van der Waals surface area contributed by atoms with Gasteiger partial charge in [-0.25, -0.2) is 35.1 Å². The average molecular weight is 531 g/mol. The Kier molecular flexibility index (Phi) is 7.87. The van der Waals surface area contributed by atoms with Crippen LogP contribution < -0.4 is 10.5 Å². The molecule has 3 aromatic carbocycles. The van der Waals surface area contributed by atoms with Gasteiger partial charge in [-0.1, -0.05) is 60.7 Å². The Morgan fingerprint density at radius 2 is 1.29 bits per heavy atom. The van der Waals surface area contributed by atoms with Gasteiger partial charge in [0, 0.05) is 0 Å². The molecule has 188 valence electrons. The van der Waals surface area contributed by atoms with Crippen molar-refractivity contribution in [2.24, 2.45) is 5.14 Å². The van der Waals surface area contributed by atoms with Crippen molar-refractivity contribution in [2.75, 3.05) is 17.7 Å². The van der Waals surface area contributed by atoms with Gasteiger partial charge < -0.3 is 15.5 Å². The second-order valence-electron chi connectivity index (χ2n) is 7.45. The zero-order valence-corrected chi connectivity index (χ0v) is 19.5. The molecule has 0 saturated heterocycles. The summed E-state index contributed by atoms with van der Waals surface area (Å²) in [5.74, 6) is -7.65. The molecule has 0 heterocycles. The summed E-state index contributed by atoms with van der Waals surface area (Å²) in [7, 11) is -10.1. The van der Waals surface area contributed by atoms with Crippen LogP contribution in [0, 0.1) is 17.5 Å². The van der Waals surface area contributed by atoms with Gasteiger partial charge in [0.2, 0.25) is 10.0 Å². The highest BCUT2D eigenvalue weighted by atomic mass is 32.2. The van der Waals surface area contributed by atoms with Crippen LogP contribution in [0.2, 0.25) is 0 Å². The van der Waals surface area contributed by atoms with Crippen LogP contribution in [-0.2, 0) is 19.9 Å². The molecule has 0 saturated carbocycles. The minimum atomic E-state index is -5.19. The van der Waals surface area contributed by atoms with E-state index in [1.165, 1.54) is 24.3 Å². The highest BCUT2D eigenvalue weighted by molar-refractivity contribution is 7.91. The predicted molar refractivity (Wildman–Crippen MR) is 121 cm³/mol. The summed E-state index contributed by atoms with van der Waals surface area (Å²) in [5.41, 5.74) is -0.691. The Morgan fingerprint density at radius 3 is 1.77 bits per heavy atom. The number of primary sulfonamides is 1. The number of hydrogen-bond donors (Lipinski definition) is 4. The number of sulfonamides is 1. The van der Waals surface area contributed by atoms with Crippen LogP contribution in [-0.4, -0.2) is 39.4 Å². The van der Waals surface area contributed by atoms with Crippen LogP contribution in [0.1, 0.15) is 23.3 Å². The number of aliphatic hydroxyl groups excluding tert-OH is 2. The fraction of sp³-hybridized carbons (Fsp3) is 0.182. The maximum absolute atomic E-state index is 15.4. The molecule has 0 bridgehead atoms. The number of hydrogen-bond acceptors (Lipinski definition) is 7. The number of nitrogens with one attached hydrogen (secondary N) is 1. The highest BCUT2D eigenvalue weighted by Crippen LogP contribution is 2.40. The summed E-state index contributed by atoms with van der Waals surface area (Å²) in [6, 6.07) is 14.2. The smallest absolute Gasteiger partial charge is 0.244 e. The van der Waals surface area contributed by atoms with Crippen molar-refractivity contribution >= 4 is 25.5 Å². The Morgan fingerprint density at radius 1 is 0.800 bits per heavy atom. The largest absolute Gasteiger partial charge is 0.395 e. The van der Waals surface area contributed by atoms with Crippen molar-refractivity contribution in [1.82, 2.24) is 0 Å². The minimum Gasteiger partial charge on any atom is -0.395 e. The van der Waals surface area contributed by atoms with Crippen molar-refractivity contribution in [3.63, 3.8) is 0 Å². The van der Waals surface area contributed by atoms with E-state index in [0.717, 1.165) is 0 Å². The molecule has 0 aliphatic rings. The van der Waals surface area contributed by atoms with E-state index in [2.05, 4.69) is 5.32 Å². The van der Waals surface area contributed by atoms with Crippen molar-refractivity contribution in [3.05, 3.63) is 89.2 Å². The molecule has 0 unspecified atom stereocenters. The van der Waals surface area contributed by atoms with Gasteiger partial charge in [-0.15, -0.1) is 0 Å². The normalized spacial score (nSPS) is 13.9. The lowest BCUT2D eigenvalue weighted by Crippen LogP contribution is -2.26. The standard InChI is InChI=1S/C22H21F3N2O6S2/c23-15-16(24)22(34(30,31)12-11-28)19(17(25)21(15)35(26,32)33)27-18(13-7-3-1-4-8-13)20(29)14-9-5-2-6-10-14/h1-10,18,20,27-29H,11-12H2,(H2,26,32,33)/t18-,20-/m0/s1. The van der Waals surface area contributed by atoms with Crippen molar-refractivity contribution in [3.8, 4) is 0 Å². The molecule has 2 atom stereocenters. The number of aliphatic hydroxyl groups is 2. The number of nitrogens with two attached hydrogens (primary N) is 1. The Labute approximate surface area is 199 Å². The minimum absolute atomic E-state index is 0.274. The molecule has 13 heteroatoms. The van der Waals surface area contributed by atoms with Crippen LogP contribution in [0.15, 0.2) is 70.5 Å². The van der Waals surface area contributed by atoms with E-state index < -0.39 is 77.3 Å². The molecule has 8 nitrogen and oxygen atoms in total. The number of sulfone groups is 1. The molecule has 0 aromatic heterocycles. The Bertz CT molecular complexity index is 1420. The maximum Gasteiger partial charge on any atom is 0.244 e. The summed E-state index contributed by atoms with van der Waals surface area (Å²) in [6.45, 7) is -1.02. The van der Waals surface area contributed by atoms with Gasteiger partial charge in [-0.3, -0.25) is 0 Å². The third-order valence-corrected chi connectivity index (χ3v) is 7.76. The lowest BCUT2D eigenvalue weighted by molar-refractivity contribution is 0.154. The third kappa shape index (κ3) is 5.49. The second kappa shape index (κ2) is 10.3. The fourth-order valence-electron chi connectivity index (χ4n) is 3.51. The first kappa shape index (κ1) is 26.6. The summed E-state index contributed by atoms with van der Waals surface area (Å²) >= 11 is 0. The van der Waals surface area contributed by atoms with E-state index in [0.29, 0.717) is 5.56 Å². The van der Waals surface area contributed by atoms with Gasteiger partial charge in [-0.2, -0.15) is 0 Å². The third-order valence-electron chi connectivity index (χ3n) is 5.11. The zero-order chi connectivity index (χ0) is 26.0. The molecule has 5 N–H and O–H groups in total. The zero-order valence-electron chi connectivity index (χ0n) is 17.9. The SMILES string of the molecule is NS(=O)(=O)c1c(F)c(F)c(S(=O)(=O)CCO)c(N[C@@H](c2ccccc2)[C@@H](O)c2ccccc2)c1F. The number of halogens is 3. The van der Waals surface area contributed by atoms with Gasteiger partial charge in [-0.05, 0) is 11.1 Å². The molecule has 0 aliphatic heterocycles. The first-order valence-corrected chi connectivity index (χ1v) is 13.2. The topological polar surface area (TPSA) is 147 Å². The summed E-state index contributed by atoms with van der Waals surface area (Å²) in [4.78, 5) is -3.43. The predicted octanol–water partition coefficient (Wildman–Crippen LogP) is 2.40. The number of rotatable bonds is 9. The van der Waals surface area contributed by atoms with Crippen molar-refractivity contribution in [1.29, 1.82) is 0 Å². The molecular formula is C22H21F3N2O6S2. The molecule has 0 fully saturated rings. The van der Waals surface area contributed by atoms with Gasteiger partial charge in [0.05, 0.1) is 24.1 Å². The quantitative estimate of drug-likeness (QED) is 0.311. The summed E-state index contributed by atoms with van der Waals surface area (Å²) < 4.78 is 94.1. The Hall–Kier alpha value is -2.97. The highest BCUT2D eigenvalue weighted by Gasteiger charge is 2.37. The summed E-state index contributed by atoms with van der Waals surface area (Å²) in [5, 5.41) is 27.4. The molecule has 3 rings (SSSR count). The van der Waals surface area contributed by atoms with E-state index in [9.17, 15) is 26.3 Å². The van der Waals surface area contributed by atoms with E-state index in [-0.39, 0.29) is 5.56 Å². The molecule has 3 aromatic rings. The van der Waals surface area contributed by atoms with Gasteiger partial charge in [0.15, 0.2) is 32.2 Å². The van der Waals surface area contributed by atoms with Gasteiger partial charge in [0.25, 0.3) is 0 Å². The first-order chi connectivity index (χ1) is 16.4. The lowest BCUT2D eigenvalue weighted by Gasteiger charge is -2.28. The van der Waals surface area contributed by atoms with E-state index in [4.69, 9.17) is 10.2 Å². The molecule has 0 radical (unpaired) electrons. The molecular weight excluding hydrogens is 509 g/mol. The Balaban J connectivity index is 2.34. The van der Waals surface area contributed by atoms with Crippen molar-refractivity contribution in [2.45, 2.75) is 21.9 Å². The number of benzene rings is 3. The molecule has 35 heavy (non-hydrogen) atoms. The van der Waals surface area contributed by atoms with Crippen LogP contribution in [0.3, 0.4) is 0 Å². The monoisotopic (exact) mass is 530 g/mol. The van der Waals surface area contributed by atoms with E-state index in [1.807, 2.05) is 0 Å².